The lowest BCUT2D eigenvalue weighted by molar-refractivity contribution is -0.166. The molecule has 0 aliphatic carbocycles. The van der Waals surface area contributed by atoms with Crippen LogP contribution < -0.4 is 0 Å². The van der Waals surface area contributed by atoms with Crippen LogP contribution in [0.15, 0.2) is 0 Å². The van der Waals surface area contributed by atoms with Crippen LogP contribution >= 0.6 is 0 Å². The van der Waals surface area contributed by atoms with Gasteiger partial charge in [-0.3, -0.25) is 43.6 Å². The molecule has 2 rings (SSSR count). The van der Waals surface area contributed by atoms with Crippen molar-refractivity contribution < 1.29 is 44.0 Å². The molecule has 13 heteroatoms. The van der Waals surface area contributed by atoms with Gasteiger partial charge in [-0.05, 0) is 18.8 Å². The molecule has 1 unspecified atom stereocenters. The Morgan fingerprint density at radius 3 is 1.78 bits per heavy atom. The molecule has 13 nitrogen and oxygen atoms in total. The molecule has 0 aromatic carbocycles. The van der Waals surface area contributed by atoms with E-state index in [0.29, 0.717) is 58.2 Å². The molecular formula is C24H40N4O9. The Balaban J connectivity index is 2.39. The van der Waals surface area contributed by atoms with Crippen LogP contribution in [0.2, 0.25) is 0 Å². The molecule has 0 aromatic rings. The Labute approximate surface area is 216 Å². The Morgan fingerprint density at radius 1 is 0.811 bits per heavy atom. The fourth-order valence-corrected chi connectivity index (χ4v) is 4.84. The van der Waals surface area contributed by atoms with Gasteiger partial charge in [-0.1, -0.05) is 13.8 Å². The van der Waals surface area contributed by atoms with Gasteiger partial charge in [0.05, 0.1) is 32.5 Å². The molecule has 2 aliphatic heterocycles. The van der Waals surface area contributed by atoms with Crippen LogP contribution in [0.1, 0.15) is 39.5 Å². The maximum Gasteiger partial charge on any atom is 0.317 e. The van der Waals surface area contributed by atoms with Crippen molar-refractivity contribution in [3.05, 3.63) is 0 Å². The highest BCUT2D eigenvalue weighted by Gasteiger charge is 2.34. The number of esters is 2. The number of carbonyl (C=O) groups excluding carboxylic acids is 2. The van der Waals surface area contributed by atoms with E-state index in [2.05, 4.69) is 13.8 Å². The van der Waals surface area contributed by atoms with Crippen LogP contribution in [0.25, 0.3) is 0 Å². The third kappa shape index (κ3) is 11.5. The van der Waals surface area contributed by atoms with Crippen molar-refractivity contribution >= 4 is 29.8 Å². The topological polar surface area (TPSA) is 168 Å². The fraction of sp³-hybridized carbons (Fsp3) is 0.792. The van der Waals surface area contributed by atoms with Crippen molar-refractivity contribution in [2.45, 2.75) is 51.6 Å². The second-order valence-electron chi connectivity index (χ2n) is 10.2. The van der Waals surface area contributed by atoms with Gasteiger partial charge in [-0.2, -0.15) is 0 Å². The lowest BCUT2D eigenvalue weighted by Gasteiger charge is -2.41. The molecule has 0 aromatic heterocycles. The van der Waals surface area contributed by atoms with E-state index in [1.807, 2.05) is 9.80 Å². The molecular weight excluding hydrogens is 488 g/mol. The summed E-state index contributed by atoms with van der Waals surface area (Å²) in [5.41, 5.74) is 0. The molecule has 0 bridgehead atoms. The zero-order valence-corrected chi connectivity index (χ0v) is 21.7. The quantitative estimate of drug-likeness (QED) is 0.245. The molecule has 2 heterocycles. The van der Waals surface area contributed by atoms with E-state index in [0.717, 1.165) is 6.42 Å². The molecule has 0 spiro atoms. The molecule has 0 amide bonds. The minimum Gasteiger partial charge on any atom is -0.480 e. The number of carboxylic acids is 3. The van der Waals surface area contributed by atoms with Crippen LogP contribution in [0.4, 0.5) is 0 Å². The van der Waals surface area contributed by atoms with Crippen molar-refractivity contribution in [1.82, 2.24) is 19.6 Å². The van der Waals surface area contributed by atoms with Crippen molar-refractivity contribution in [1.29, 1.82) is 0 Å². The van der Waals surface area contributed by atoms with E-state index < -0.39 is 35.9 Å². The monoisotopic (exact) mass is 528 g/mol. The van der Waals surface area contributed by atoms with Crippen molar-refractivity contribution in [3.8, 4) is 0 Å². The van der Waals surface area contributed by atoms with Crippen molar-refractivity contribution in [3.63, 3.8) is 0 Å². The summed E-state index contributed by atoms with van der Waals surface area (Å²) in [6, 6.07) is -0.661. The zero-order valence-electron chi connectivity index (χ0n) is 21.7. The average molecular weight is 529 g/mol. The second kappa shape index (κ2) is 15.0. The third-order valence-corrected chi connectivity index (χ3v) is 6.78. The first-order valence-electron chi connectivity index (χ1n) is 12.7. The number of rotatable bonds is 10. The summed E-state index contributed by atoms with van der Waals surface area (Å²) in [7, 11) is 0. The normalized spacial score (nSPS) is 22.8. The smallest absolute Gasteiger partial charge is 0.317 e. The van der Waals surface area contributed by atoms with Crippen molar-refractivity contribution in [2.75, 3.05) is 65.4 Å². The Morgan fingerprint density at radius 2 is 1.30 bits per heavy atom. The first-order chi connectivity index (χ1) is 17.4. The predicted molar refractivity (Wildman–Crippen MR) is 131 cm³/mol. The minimum atomic E-state index is -1.02. The van der Waals surface area contributed by atoms with Gasteiger partial charge in [0.2, 0.25) is 0 Å². The maximum absolute atomic E-state index is 12.0. The number of aliphatic carboxylic acids is 3. The molecule has 210 valence electrons. The third-order valence-electron chi connectivity index (χ3n) is 6.78. The van der Waals surface area contributed by atoms with Gasteiger partial charge in [0.15, 0.2) is 0 Å². The largest absolute Gasteiger partial charge is 0.480 e. The standard InChI is InChI=1S/C24H40N4O9/c1-17(2)3-4-18-13-27(19-11-23(35)37-24(36)12-19)9-7-25(14-20(29)30)5-6-26(15-21(31)32)8-10-28(18)16-22(33)34/h17-19H,3-16H2,1-2H3,(H,29,30)(H,31,32)(H,33,34). The van der Waals surface area contributed by atoms with Gasteiger partial charge in [-0.15, -0.1) is 0 Å². The number of hydrogen-bond donors (Lipinski definition) is 3. The highest BCUT2D eigenvalue weighted by molar-refractivity contribution is 5.89. The van der Waals surface area contributed by atoms with Crippen LogP contribution in [0.5, 0.6) is 0 Å². The molecule has 2 saturated heterocycles. The van der Waals surface area contributed by atoms with Crippen LogP contribution in [-0.2, 0) is 28.7 Å². The summed E-state index contributed by atoms with van der Waals surface area (Å²) in [5, 5.41) is 28.4. The molecule has 2 fully saturated rings. The second-order valence-corrected chi connectivity index (χ2v) is 10.2. The molecule has 0 radical (unpaired) electrons. The van der Waals surface area contributed by atoms with E-state index in [1.165, 1.54) is 0 Å². The zero-order chi connectivity index (χ0) is 27.5. The number of carbonyl (C=O) groups is 5. The predicted octanol–water partition coefficient (Wildman–Crippen LogP) is -0.501. The van der Waals surface area contributed by atoms with Gasteiger partial charge < -0.3 is 20.1 Å². The molecule has 37 heavy (non-hydrogen) atoms. The highest BCUT2D eigenvalue weighted by Crippen LogP contribution is 2.21. The van der Waals surface area contributed by atoms with Crippen LogP contribution in [0, 0.1) is 5.92 Å². The van der Waals surface area contributed by atoms with Gasteiger partial charge in [0.25, 0.3) is 0 Å². The highest BCUT2D eigenvalue weighted by atomic mass is 16.6. The van der Waals surface area contributed by atoms with Crippen LogP contribution in [-0.4, -0.2) is 142 Å². The number of nitrogens with zero attached hydrogens (tertiary/aromatic N) is 4. The average Bonchev–Trinajstić information content (AvgIpc) is 2.76. The van der Waals surface area contributed by atoms with E-state index in [-0.39, 0.29) is 38.5 Å². The van der Waals surface area contributed by atoms with Gasteiger partial charge in [-0.25, -0.2) is 0 Å². The molecule has 2 aliphatic rings. The summed E-state index contributed by atoms with van der Waals surface area (Å²) in [5.74, 6) is -3.88. The van der Waals surface area contributed by atoms with E-state index in [1.54, 1.807) is 9.80 Å². The molecule has 1 atom stereocenters. The molecule has 0 saturated carbocycles. The lowest BCUT2D eigenvalue weighted by Crippen LogP contribution is -2.55. The first kappa shape index (κ1) is 30.6. The summed E-state index contributed by atoms with van der Waals surface area (Å²) in [4.78, 5) is 66.0. The van der Waals surface area contributed by atoms with Gasteiger partial charge in [0.1, 0.15) is 0 Å². The SMILES string of the molecule is CC(C)CCC1CN(C2CC(=O)OC(=O)C2)CCN(CC(=O)O)CCN(CC(=O)O)CCN1CC(=O)O. The number of carboxylic acid groups (broad SMARTS) is 3. The van der Waals surface area contributed by atoms with Gasteiger partial charge >= 0.3 is 29.8 Å². The maximum atomic E-state index is 12.0. The van der Waals surface area contributed by atoms with Gasteiger partial charge in [0, 0.05) is 57.9 Å². The summed E-state index contributed by atoms with van der Waals surface area (Å²) >= 11 is 0. The Hall–Kier alpha value is -2.61. The van der Waals surface area contributed by atoms with Crippen LogP contribution in [0.3, 0.4) is 0 Å². The van der Waals surface area contributed by atoms with E-state index in [4.69, 9.17) is 4.74 Å². The summed E-state index contributed by atoms with van der Waals surface area (Å²) in [6.07, 6.45) is 1.54. The first-order valence-corrected chi connectivity index (χ1v) is 12.7. The Kier molecular flexibility index (Phi) is 12.4. The summed E-state index contributed by atoms with van der Waals surface area (Å²) < 4.78 is 4.71. The lowest BCUT2D eigenvalue weighted by atomic mass is 9.99. The number of hydrogen-bond acceptors (Lipinski definition) is 10. The fourth-order valence-electron chi connectivity index (χ4n) is 4.84. The number of ether oxygens (including phenoxy) is 1. The Bertz CT molecular complexity index is 806. The molecule has 3 N–H and O–H groups in total. The summed E-state index contributed by atoms with van der Waals surface area (Å²) in [6.45, 7) is 5.71. The number of cyclic esters (lactones) is 2. The van der Waals surface area contributed by atoms with E-state index in [9.17, 15) is 39.3 Å². The van der Waals surface area contributed by atoms with E-state index >= 15 is 0 Å². The van der Waals surface area contributed by atoms with Crippen molar-refractivity contribution in [2.24, 2.45) is 5.92 Å². The minimum absolute atomic E-state index is 0.0207.